The van der Waals surface area contributed by atoms with Crippen LogP contribution in [0.3, 0.4) is 0 Å². The summed E-state index contributed by atoms with van der Waals surface area (Å²) >= 11 is 8.85. The largest absolute Gasteiger partial charge is 0.135 e. The van der Waals surface area contributed by atoms with Gasteiger partial charge in [-0.2, -0.15) is 0 Å². The molecule has 3 aromatic rings. The van der Waals surface area contributed by atoms with E-state index in [1.807, 2.05) is 11.3 Å². The molecule has 0 bridgehead atoms. The summed E-state index contributed by atoms with van der Waals surface area (Å²) in [5.41, 5.74) is 0. The van der Waals surface area contributed by atoms with Crippen LogP contribution >= 0.6 is 43.2 Å². The molecule has 0 atom stereocenters. The van der Waals surface area contributed by atoms with Crippen LogP contribution in [-0.4, -0.2) is 0 Å². The molecule has 74 valence electrons. The summed E-state index contributed by atoms with van der Waals surface area (Å²) in [6.07, 6.45) is 0. The normalized spacial score (nSPS) is 11.3. The zero-order valence-electron chi connectivity index (χ0n) is 7.63. The van der Waals surface area contributed by atoms with Crippen molar-refractivity contribution in [2.24, 2.45) is 0 Å². The molecular formula is C12H6Br2S. The van der Waals surface area contributed by atoms with Crippen LogP contribution in [0, 0.1) is 0 Å². The fourth-order valence-corrected chi connectivity index (χ4v) is 3.72. The van der Waals surface area contributed by atoms with E-state index in [-0.39, 0.29) is 0 Å². The Balaban J connectivity index is 2.53. The Kier molecular flexibility index (Phi) is 2.34. The van der Waals surface area contributed by atoms with E-state index in [1.54, 1.807) is 0 Å². The number of thiophene rings is 1. The third-order valence-electron chi connectivity index (χ3n) is 2.40. The van der Waals surface area contributed by atoms with Crippen LogP contribution in [0.25, 0.3) is 20.2 Å². The average molecular weight is 342 g/mol. The summed E-state index contributed by atoms with van der Waals surface area (Å²) in [5, 5.41) is 2.66. The van der Waals surface area contributed by atoms with Gasteiger partial charge in [0.2, 0.25) is 0 Å². The third-order valence-corrected chi connectivity index (χ3v) is 4.52. The molecule has 0 saturated heterocycles. The van der Waals surface area contributed by atoms with Gasteiger partial charge in [0.05, 0.1) is 0 Å². The van der Waals surface area contributed by atoms with E-state index in [1.165, 1.54) is 20.2 Å². The van der Waals surface area contributed by atoms with Crippen molar-refractivity contribution < 1.29 is 0 Å². The van der Waals surface area contributed by atoms with Gasteiger partial charge in [0.1, 0.15) is 0 Å². The van der Waals surface area contributed by atoms with Gasteiger partial charge in [-0.3, -0.25) is 0 Å². The highest BCUT2D eigenvalue weighted by molar-refractivity contribution is 9.10. The molecule has 15 heavy (non-hydrogen) atoms. The van der Waals surface area contributed by atoms with Crippen molar-refractivity contribution in [3.05, 3.63) is 45.3 Å². The van der Waals surface area contributed by atoms with Gasteiger partial charge in [0, 0.05) is 29.1 Å². The summed E-state index contributed by atoms with van der Waals surface area (Å²) < 4.78 is 4.95. The molecule has 0 fully saturated rings. The van der Waals surface area contributed by atoms with Crippen LogP contribution in [0.5, 0.6) is 0 Å². The van der Waals surface area contributed by atoms with Gasteiger partial charge in [-0.25, -0.2) is 0 Å². The van der Waals surface area contributed by atoms with Crippen LogP contribution in [0.15, 0.2) is 45.3 Å². The van der Waals surface area contributed by atoms with E-state index in [0.717, 1.165) is 8.95 Å². The van der Waals surface area contributed by atoms with Crippen molar-refractivity contribution in [1.29, 1.82) is 0 Å². The van der Waals surface area contributed by atoms with Gasteiger partial charge in [-0.1, -0.05) is 37.9 Å². The molecule has 0 spiro atoms. The molecule has 2 aromatic carbocycles. The van der Waals surface area contributed by atoms with E-state index in [0.29, 0.717) is 0 Å². The maximum absolute atomic E-state index is 3.51. The first-order chi connectivity index (χ1) is 7.24. The standard InChI is InChI=1S/C12H6Br2S/c13-7-2-4-11-10(5-7)9-3-1-8(14)6-12(9)15-11/h1-6H. The van der Waals surface area contributed by atoms with Crippen LogP contribution in [0.4, 0.5) is 0 Å². The van der Waals surface area contributed by atoms with Crippen molar-refractivity contribution >= 4 is 63.4 Å². The first-order valence-corrected chi connectivity index (χ1v) is 6.91. The van der Waals surface area contributed by atoms with Crippen molar-refractivity contribution in [3.63, 3.8) is 0 Å². The molecule has 0 radical (unpaired) electrons. The molecule has 1 aromatic heterocycles. The van der Waals surface area contributed by atoms with Crippen molar-refractivity contribution in [1.82, 2.24) is 0 Å². The van der Waals surface area contributed by atoms with E-state index >= 15 is 0 Å². The van der Waals surface area contributed by atoms with E-state index in [9.17, 15) is 0 Å². The predicted molar refractivity (Wildman–Crippen MR) is 74.7 cm³/mol. The minimum Gasteiger partial charge on any atom is -0.135 e. The predicted octanol–water partition coefficient (Wildman–Crippen LogP) is 5.58. The molecule has 0 aliphatic heterocycles. The monoisotopic (exact) mass is 340 g/mol. The Bertz CT molecular complexity index is 655. The van der Waals surface area contributed by atoms with Gasteiger partial charge in [-0.15, -0.1) is 11.3 Å². The van der Waals surface area contributed by atoms with Gasteiger partial charge in [0.15, 0.2) is 0 Å². The van der Waals surface area contributed by atoms with Gasteiger partial charge >= 0.3 is 0 Å². The number of rotatable bonds is 0. The number of fused-ring (bicyclic) bond motifs is 3. The van der Waals surface area contributed by atoms with Gasteiger partial charge in [0.25, 0.3) is 0 Å². The van der Waals surface area contributed by atoms with E-state index < -0.39 is 0 Å². The Hall–Kier alpha value is -0.380. The minimum atomic E-state index is 1.14. The van der Waals surface area contributed by atoms with Crippen molar-refractivity contribution in [2.45, 2.75) is 0 Å². The summed E-state index contributed by atoms with van der Waals surface area (Å²) in [5.74, 6) is 0. The quantitative estimate of drug-likeness (QED) is 0.500. The second-order valence-corrected chi connectivity index (χ2v) is 6.30. The fraction of sp³-hybridized carbons (Fsp3) is 0. The van der Waals surface area contributed by atoms with Crippen molar-refractivity contribution in [2.75, 3.05) is 0 Å². The number of hydrogen-bond acceptors (Lipinski definition) is 1. The van der Waals surface area contributed by atoms with Crippen LogP contribution < -0.4 is 0 Å². The summed E-state index contributed by atoms with van der Waals surface area (Å²) in [6.45, 7) is 0. The SMILES string of the molecule is Brc1ccc2c(c1)sc1ccc(Br)cc12. The first-order valence-electron chi connectivity index (χ1n) is 4.51. The lowest BCUT2D eigenvalue weighted by Crippen LogP contribution is -1.67. The molecule has 0 saturated carbocycles. The Morgan fingerprint density at radius 2 is 1.47 bits per heavy atom. The van der Waals surface area contributed by atoms with Gasteiger partial charge < -0.3 is 0 Å². The summed E-state index contributed by atoms with van der Waals surface area (Å²) in [6, 6.07) is 12.9. The number of hydrogen-bond donors (Lipinski definition) is 0. The molecular weight excluding hydrogens is 336 g/mol. The summed E-state index contributed by atoms with van der Waals surface area (Å²) in [7, 11) is 0. The highest BCUT2D eigenvalue weighted by Gasteiger charge is 2.05. The van der Waals surface area contributed by atoms with E-state index in [4.69, 9.17) is 0 Å². The Labute approximate surface area is 108 Å². The molecule has 0 amide bonds. The molecule has 0 N–H and O–H groups in total. The smallest absolute Gasteiger partial charge is 0.0366 e. The fourth-order valence-electron chi connectivity index (χ4n) is 1.72. The zero-order chi connectivity index (χ0) is 10.4. The minimum absolute atomic E-state index is 1.14. The molecule has 3 heteroatoms. The molecule has 0 unspecified atom stereocenters. The molecule has 1 heterocycles. The van der Waals surface area contributed by atoms with E-state index in [2.05, 4.69) is 68.3 Å². The van der Waals surface area contributed by atoms with Crippen LogP contribution in [0.2, 0.25) is 0 Å². The maximum atomic E-state index is 3.51. The number of halogens is 2. The zero-order valence-corrected chi connectivity index (χ0v) is 11.6. The molecule has 0 nitrogen and oxygen atoms in total. The lowest BCUT2D eigenvalue weighted by Gasteiger charge is -1.93. The summed E-state index contributed by atoms with van der Waals surface area (Å²) in [4.78, 5) is 0. The maximum Gasteiger partial charge on any atom is 0.0366 e. The highest BCUT2D eigenvalue weighted by Crippen LogP contribution is 2.36. The van der Waals surface area contributed by atoms with Crippen LogP contribution in [-0.2, 0) is 0 Å². The topological polar surface area (TPSA) is 0 Å². The van der Waals surface area contributed by atoms with Crippen molar-refractivity contribution in [3.8, 4) is 0 Å². The first kappa shape index (κ1) is 9.82. The lowest BCUT2D eigenvalue weighted by molar-refractivity contribution is 1.75. The Morgan fingerprint density at radius 1 is 0.733 bits per heavy atom. The van der Waals surface area contributed by atoms with Gasteiger partial charge in [-0.05, 0) is 30.3 Å². The average Bonchev–Trinajstić information content (AvgIpc) is 2.54. The molecule has 3 rings (SSSR count). The Morgan fingerprint density at radius 3 is 2.33 bits per heavy atom. The van der Waals surface area contributed by atoms with Crippen LogP contribution in [0.1, 0.15) is 0 Å². The number of benzene rings is 2. The second-order valence-electron chi connectivity index (χ2n) is 3.38. The molecule has 0 aliphatic carbocycles. The third kappa shape index (κ3) is 1.63. The highest BCUT2D eigenvalue weighted by atomic mass is 79.9. The lowest BCUT2D eigenvalue weighted by atomic mass is 10.2. The second kappa shape index (κ2) is 3.58. The molecule has 0 aliphatic rings.